The van der Waals surface area contributed by atoms with Gasteiger partial charge < -0.3 is 26.6 Å². The standard InChI is InChI=1S/C26H36N4O6S/c1-25(2)11-14-13(16(25)23(33)34)10-15(14)28-21(32)18(22-30-19(24(35)36)26(3,4)37-22)29-20(31)17(27)12-8-6-5-7-9-12/h5-9,13-19,22,30H,10-11,27H2,1-4H3,(H,28,32)(H,29,31)(H,33,34)(H,35,36)/t13?,14-,15+,16-,17+,18?,19-,22?/m0/s1. The number of amides is 2. The predicted molar refractivity (Wildman–Crippen MR) is 138 cm³/mol. The molecule has 8 atom stereocenters. The highest BCUT2D eigenvalue weighted by atomic mass is 32.2. The van der Waals surface area contributed by atoms with Gasteiger partial charge in [0.25, 0.3) is 0 Å². The molecular weight excluding hydrogens is 496 g/mol. The summed E-state index contributed by atoms with van der Waals surface area (Å²) in [4.78, 5) is 50.4. The van der Waals surface area contributed by atoms with Gasteiger partial charge in [-0.25, -0.2) is 0 Å². The average Bonchev–Trinajstić information content (AvgIpc) is 3.25. The Labute approximate surface area is 220 Å². The molecule has 3 unspecified atom stereocenters. The minimum Gasteiger partial charge on any atom is -0.481 e. The van der Waals surface area contributed by atoms with Crippen LogP contribution < -0.4 is 21.7 Å². The second kappa shape index (κ2) is 9.92. The first-order valence-corrected chi connectivity index (χ1v) is 13.4. The molecule has 1 heterocycles. The summed E-state index contributed by atoms with van der Waals surface area (Å²) in [5, 5.41) is 27.5. The van der Waals surface area contributed by atoms with E-state index in [1.807, 2.05) is 19.9 Å². The van der Waals surface area contributed by atoms with Crippen molar-refractivity contribution >= 4 is 35.5 Å². The van der Waals surface area contributed by atoms with Crippen LogP contribution in [0, 0.1) is 23.2 Å². The van der Waals surface area contributed by atoms with Crippen molar-refractivity contribution in [3.63, 3.8) is 0 Å². The third-order valence-electron chi connectivity index (χ3n) is 8.25. The Hall–Kier alpha value is -2.63. The number of carbonyl (C=O) groups is 4. The molecule has 0 radical (unpaired) electrons. The van der Waals surface area contributed by atoms with Gasteiger partial charge in [0.2, 0.25) is 11.8 Å². The molecular formula is C26H36N4O6S. The van der Waals surface area contributed by atoms with Crippen LogP contribution in [0.5, 0.6) is 0 Å². The number of fused-ring (bicyclic) bond motifs is 1. The zero-order valence-electron chi connectivity index (χ0n) is 21.4. The van der Waals surface area contributed by atoms with Crippen LogP contribution in [0.4, 0.5) is 0 Å². The van der Waals surface area contributed by atoms with E-state index in [9.17, 15) is 29.4 Å². The van der Waals surface area contributed by atoms with Gasteiger partial charge in [-0.15, -0.1) is 11.8 Å². The molecule has 0 spiro atoms. The summed E-state index contributed by atoms with van der Waals surface area (Å²) in [5.74, 6) is -3.28. The lowest BCUT2D eigenvalue weighted by Gasteiger charge is -2.43. The molecule has 1 saturated heterocycles. The third-order valence-corrected chi connectivity index (χ3v) is 9.75. The van der Waals surface area contributed by atoms with Gasteiger partial charge in [0.15, 0.2) is 0 Å². The average molecular weight is 533 g/mol. The fraction of sp³-hybridized carbons (Fsp3) is 0.615. The van der Waals surface area contributed by atoms with E-state index in [0.29, 0.717) is 18.4 Å². The first-order valence-electron chi connectivity index (χ1n) is 12.5. The topological polar surface area (TPSA) is 171 Å². The van der Waals surface area contributed by atoms with Crippen LogP contribution in [0.25, 0.3) is 0 Å². The van der Waals surface area contributed by atoms with Crippen molar-refractivity contribution < 1.29 is 29.4 Å². The number of aliphatic carboxylic acids is 2. The number of carboxylic acids is 2. The van der Waals surface area contributed by atoms with E-state index >= 15 is 0 Å². The maximum Gasteiger partial charge on any atom is 0.322 e. The third kappa shape index (κ3) is 5.21. The van der Waals surface area contributed by atoms with Crippen molar-refractivity contribution in [1.29, 1.82) is 0 Å². The summed E-state index contributed by atoms with van der Waals surface area (Å²) in [6, 6.07) is 5.56. The van der Waals surface area contributed by atoms with Crippen molar-refractivity contribution in [2.45, 2.75) is 74.8 Å². The lowest BCUT2D eigenvalue weighted by Crippen LogP contribution is -2.62. The van der Waals surface area contributed by atoms with Gasteiger partial charge in [0, 0.05) is 10.8 Å². The second-order valence-electron chi connectivity index (χ2n) is 11.6. The zero-order chi connectivity index (χ0) is 27.3. The number of hydrogen-bond donors (Lipinski definition) is 6. The van der Waals surface area contributed by atoms with E-state index in [4.69, 9.17) is 5.73 Å². The van der Waals surface area contributed by atoms with Crippen molar-refractivity contribution in [1.82, 2.24) is 16.0 Å². The molecule has 2 saturated carbocycles. The van der Waals surface area contributed by atoms with Gasteiger partial charge in [-0.3, -0.25) is 24.5 Å². The maximum atomic E-state index is 13.6. The fourth-order valence-electron chi connectivity index (χ4n) is 6.35. The largest absolute Gasteiger partial charge is 0.481 e. The molecule has 0 aromatic heterocycles. The van der Waals surface area contributed by atoms with Gasteiger partial charge >= 0.3 is 11.9 Å². The van der Waals surface area contributed by atoms with Gasteiger partial charge in [0.1, 0.15) is 18.1 Å². The number of benzene rings is 1. The highest BCUT2D eigenvalue weighted by molar-refractivity contribution is 8.01. The van der Waals surface area contributed by atoms with Crippen LogP contribution in [-0.2, 0) is 19.2 Å². The second-order valence-corrected chi connectivity index (χ2v) is 13.4. The van der Waals surface area contributed by atoms with Crippen molar-refractivity contribution in [2.75, 3.05) is 0 Å². The highest BCUT2D eigenvalue weighted by Gasteiger charge is 2.60. The summed E-state index contributed by atoms with van der Waals surface area (Å²) in [7, 11) is 0. The highest BCUT2D eigenvalue weighted by Crippen LogP contribution is 2.59. The SMILES string of the molecule is CC1(C)C[C@H]2C(C[C@H]2NC(=O)C(NC(=O)[C@H](N)c2ccccc2)C2N[C@@H](C(=O)O)C(C)(C)S2)[C@H]1C(=O)O. The number of nitrogens with one attached hydrogen (secondary N) is 3. The lowest BCUT2D eigenvalue weighted by molar-refractivity contribution is -0.148. The molecule has 7 N–H and O–H groups in total. The van der Waals surface area contributed by atoms with Gasteiger partial charge in [-0.1, -0.05) is 44.2 Å². The molecule has 1 aromatic rings. The van der Waals surface area contributed by atoms with Crippen LogP contribution in [-0.4, -0.2) is 62.2 Å². The van der Waals surface area contributed by atoms with Crippen LogP contribution >= 0.6 is 11.8 Å². The van der Waals surface area contributed by atoms with E-state index in [1.54, 1.807) is 38.1 Å². The number of rotatable bonds is 8. The number of nitrogens with two attached hydrogens (primary N) is 1. The Balaban J connectivity index is 1.52. The van der Waals surface area contributed by atoms with Crippen LogP contribution in [0.2, 0.25) is 0 Å². The predicted octanol–water partition coefficient (Wildman–Crippen LogP) is 1.32. The molecule has 0 bridgehead atoms. The fourth-order valence-corrected chi connectivity index (χ4v) is 7.84. The Morgan fingerprint density at radius 3 is 2.24 bits per heavy atom. The zero-order valence-corrected chi connectivity index (χ0v) is 22.2. The normalized spacial score (nSPS) is 32.9. The van der Waals surface area contributed by atoms with Crippen LogP contribution in [0.15, 0.2) is 30.3 Å². The van der Waals surface area contributed by atoms with E-state index in [0.717, 1.165) is 0 Å². The Morgan fingerprint density at radius 2 is 1.68 bits per heavy atom. The smallest absolute Gasteiger partial charge is 0.322 e. The molecule has 37 heavy (non-hydrogen) atoms. The quantitative estimate of drug-likeness (QED) is 0.289. The molecule has 3 fully saturated rings. The minimum absolute atomic E-state index is 0.00773. The molecule has 10 nitrogen and oxygen atoms in total. The minimum atomic E-state index is -1.08. The van der Waals surface area contributed by atoms with Gasteiger partial charge in [-0.2, -0.15) is 0 Å². The number of carboxylic acid groups (broad SMARTS) is 2. The lowest BCUT2D eigenvalue weighted by atomic mass is 9.67. The summed E-state index contributed by atoms with van der Waals surface area (Å²) in [6.07, 6.45) is 1.23. The van der Waals surface area contributed by atoms with E-state index in [-0.39, 0.29) is 23.3 Å². The summed E-state index contributed by atoms with van der Waals surface area (Å²) in [5.41, 5.74) is 6.39. The molecule has 2 amide bonds. The Morgan fingerprint density at radius 1 is 1.03 bits per heavy atom. The molecule has 1 aliphatic heterocycles. The monoisotopic (exact) mass is 532 g/mol. The molecule has 11 heteroatoms. The van der Waals surface area contributed by atoms with Crippen LogP contribution in [0.1, 0.15) is 52.1 Å². The maximum absolute atomic E-state index is 13.6. The molecule has 2 aliphatic carbocycles. The summed E-state index contributed by atoms with van der Waals surface area (Å²) in [6.45, 7) is 7.45. The Kier molecular flexibility index (Phi) is 7.35. The Bertz CT molecular complexity index is 1080. The van der Waals surface area contributed by atoms with Crippen LogP contribution in [0.3, 0.4) is 0 Å². The van der Waals surface area contributed by atoms with E-state index in [1.165, 1.54) is 11.8 Å². The first-order chi connectivity index (χ1) is 17.2. The summed E-state index contributed by atoms with van der Waals surface area (Å²) < 4.78 is -0.729. The number of carbonyl (C=O) groups excluding carboxylic acids is 2. The molecule has 3 aliphatic rings. The number of hydrogen-bond acceptors (Lipinski definition) is 7. The van der Waals surface area contributed by atoms with Gasteiger partial charge in [0.05, 0.1) is 11.3 Å². The van der Waals surface area contributed by atoms with Gasteiger partial charge in [-0.05, 0) is 49.5 Å². The first kappa shape index (κ1) is 27.4. The number of thioether (sulfide) groups is 1. The van der Waals surface area contributed by atoms with Crippen molar-refractivity contribution in [2.24, 2.45) is 28.9 Å². The molecule has 202 valence electrons. The summed E-state index contributed by atoms with van der Waals surface area (Å²) >= 11 is 1.28. The molecule has 1 aromatic carbocycles. The molecule has 4 rings (SSSR count). The van der Waals surface area contributed by atoms with Crippen molar-refractivity contribution in [3.05, 3.63) is 35.9 Å². The van der Waals surface area contributed by atoms with Crippen molar-refractivity contribution in [3.8, 4) is 0 Å². The van der Waals surface area contributed by atoms with E-state index in [2.05, 4.69) is 16.0 Å². The van der Waals surface area contributed by atoms with E-state index < -0.39 is 57.9 Å².